The Labute approximate surface area is 126 Å². The maximum atomic E-state index is 10.5. The van der Waals surface area contributed by atoms with E-state index in [9.17, 15) is 10.1 Å². The number of nitrogens with zero attached hydrogens (tertiary/aromatic N) is 2. The molecule has 0 bridgehead atoms. The molecular weight excluding hydrogens is 270 g/mol. The molecule has 0 aromatic heterocycles. The van der Waals surface area contributed by atoms with Crippen LogP contribution in [0, 0.1) is 10.1 Å². The molecule has 0 radical (unpaired) electrons. The molecule has 1 rings (SSSR count). The molecule has 0 aliphatic rings. The molecule has 0 aliphatic carbocycles. The van der Waals surface area contributed by atoms with E-state index in [2.05, 4.69) is 24.1 Å². The third kappa shape index (κ3) is 7.06. The molecule has 0 heterocycles. The fourth-order valence-corrected chi connectivity index (χ4v) is 2.00. The Morgan fingerprint density at radius 3 is 2.43 bits per heavy atom. The largest absolute Gasteiger partial charge is 0.492 e. The van der Waals surface area contributed by atoms with Crippen LogP contribution >= 0.6 is 0 Å². The lowest BCUT2D eigenvalue weighted by molar-refractivity contribution is -0.384. The lowest BCUT2D eigenvalue weighted by Gasteiger charge is -2.17. The van der Waals surface area contributed by atoms with Gasteiger partial charge in [0.2, 0.25) is 0 Å². The molecule has 1 aromatic carbocycles. The van der Waals surface area contributed by atoms with Gasteiger partial charge in [-0.3, -0.25) is 10.1 Å². The van der Waals surface area contributed by atoms with Gasteiger partial charge in [-0.05, 0) is 44.7 Å². The molecule has 0 spiro atoms. The minimum atomic E-state index is -0.415. The molecule has 1 N–H and O–H groups in total. The molecule has 118 valence electrons. The fraction of sp³-hybridized carbons (Fsp3) is 0.600. The van der Waals surface area contributed by atoms with Crippen LogP contribution in [-0.4, -0.2) is 49.2 Å². The molecule has 0 saturated carbocycles. The van der Waals surface area contributed by atoms with Crippen LogP contribution in [0.25, 0.3) is 0 Å². The lowest BCUT2D eigenvalue weighted by atomic mass is 10.3. The number of hydrogen-bond donors (Lipinski definition) is 1. The smallest absolute Gasteiger partial charge is 0.269 e. The molecule has 6 nitrogen and oxygen atoms in total. The molecule has 0 aliphatic heterocycles. The highest BCUT2D eigenvalue weighted by Gasteiger charge is 2.04. The van der Waals surface area contributed by atoms with Crippen molar-refractivity contribution in [2.45, 2.75) is 20.3 Å². The van der Waals surface area contributed by atoms with Gasteiger partial charge in [0, 0.05) is 18.7 Å². The van der Waals surface area contributed by atoms with Crippen molar-refractivity contribution in [1.29, 1.82) is 0 Å². The fourth-order valence-electron chi connectivity index (χ4n) is 2.00. The predicted octanol–water partition coefficient (Wildman–Crippen LogP) is 2.30. The van der Waals surface area contributed by atoms with Crippen molar-refractivity contribution < 1.29 is 9.66 Å². The van der Waals surface area contributed by atoms with Crippen molar-refractivity contribution in [3.63, 3.8) is 0 Å². The number of ether oxygens (including phenoxy) is 1. The first-order valence-corrected chi connectivity index (χ1v) is 7.47. The Balaban J connectivity index is 2.07. The highest BCUT2D eigenvalue weighted by molar-refractivity contribution is 5.35. The summed E-state index contributed by atoms with van der Waals surface area (Å²) in [6.07, 6.45) is 1.12. The average molecular weight is 295 g/mol. The second-order valence-corrected chi connectivity index (χ2v) is 4.73. The van der Waals surface area contributed by atoms with E-state index >= 15 is 0 Å². The first kappa shape index (κ1) is 17.4. The number of nitrogens with one attached hydrogen (secondary N) is 1. The van der Waals surface area contributed by atoms with Gasteiger partial charge in [-0.25, -0.2) is 0 Å². The zero-order valence-electron chi connectivity index (χ0n) is 12.9. The highest BCUT2D eigenvalue weighted by atomic mass is 16.6. The maximum absolute atomic E-state index is 10.5. The number of benzene rings is 1. The minimum absolute atomic E-state index is 0.0804. The lowest BCUT2D eigenvalue weighted by Crippen LogP contribution is -2.28. The predicted molar refractivity (Wildman–Crippen MR) is 83.9 cm³/mol. The van der Waals surface area contributed by atoms with Gasteiger partial charge in [-0.1, -0.05) is 13.8 Å². The molecule has 0 fully saturated rings. The van der Waals surface area contributed by atoms with Crippen LogP contribution in [0.15, 0.2) is 24.3 Å². The summed E-state index contributed by atoms with van der Waals surface area (Å²) in [4.78, 5) is 12.5. The van der Waals surface area contributed by atoms with E-state index in [1.165, 1.54) is 12.1 Å². The molecule has 0 saturated heterocycles. The van der Waals surface area contributed by atoms with Gasteiger partial charge in [0.1, 0.15) is 12.4 Å². The highest BCUT2D eigenvalue weighted by Crippen LogP contribution is 2.16. The van der Waals surface area contributed by atoms with Crippen molar-refractivity contribution in [2.75, 3.05) is 39.3 Å². The molecule has 21 heavy (non-hydrogen) atoms. The van der Waals surface area contributed by atoms with Crippen molar-refractivity contribution in [2.24, 2.45) is 0 Å². The van der Waals surface area contributed by atoms with Crippen LogP contribution in [0.3, 0.4) is 0 Å². The average Bonchev–Trinajstić information content (AvgIpc) is 2.50. The van der Waals surface area contributed by atoms with Gasteiger partial charge in [-0.15, -0.1) is 0 Å². The Hall–Kier alpha value is -1.66. The van der Waals surface area contributed by atoms with Gasteiger partial charge >= 0.3 is 0 Å². The standard InChI is InChI=1S/C15H25N3O3/c1-3-17(4-2)12-5-10-16-11-13-21-15-8-6-14(7-9-15)18(19)20/h6-9,16H,3-5,10-13H2,1-2H3. The SMILES string of the molecule is CCN(CC)CCCNCCOc1ccc([N+](=O)[O-])cc1. The first-order chi connectivity index (χ1) is 10.2. The van der Waals surface area contributed by atoms with Crippen molar-refractivity contribution in [3.05, 3.63) is 34.4 Å². The van der Waals surface area contributed by atoms with Crippen LogP contribution in [-0.2, 0) is 0 Å². The van der Waals surface area contributed by atoms with E-state index < -0.39 is 4.92 Å². The van der Waals surface area contributed by atoms with E-state index in [1.54, 1.807) is 12.1 Å². The summed E-state index contributed by atoms with van der Waals surface area (Å²) in [5.41, 5.74) is 0.0804. The molecule has 0 atom stereocenters. The number of nitro benzene ring substituents is 1. The van der Waals surface area contributed by atoms with Crippen LogP contribution in [0.4, 0.5) is 5.69 Å². The maximum Gasteiger partial charge on any atom is 0.269 e. The molecule has 0 unspecified atom stereocenters. The normalized spacial score (nSPS) is 10.8. The molecular formula is C15H25N3O3. The number of non-ortho nitro benzene ring substituents is 1. The zero-order valence-corrected chi connectivity index (χ0v) is 12.9. The van der Waals surface area contributed by atoms with Gasteiger partial charge in [0.15, 0.2) is 0 Å². The van der Waals surface area contributed by atoms with Crippen molar-refractivity contribution in [3.8, 4) is 5.75 Å². The number of nitro groups is 1. The zero-order chi connectivity index (χ0) is 15.5. The van der Waals surface area contributed by atoms with Crippen molar-refractivity contribution in [1.82, 2.24) is 10.2 Å². The first-order valence-electron chi connectivity index (χ1n) is 7.47. The Morgan fingerprint density at radius 2 is 1.86 bits per heavy atom. The quantitative estimate of drug-likeness (QED) is 0.385. The summed E-state index contributed by atoms with van der Waals surface area (Å²) in [7, 11) is 0. The second kappa shape index (κ2) is 10.1. The van der Waals surface area contributed by atoms with Gasteiger partial charge in [-0.2, -0.15) is 0 Å². The minimum Gasteiger partial charge on any atom is -0.492 e. The second-order valence-electron chi connectivity index (χ2n) is 4.73. The molecule has 0 amide bonds. The summed E-state index contributed by atoms with van der Waals surface area (Å²) in [6, 6.07) is 6.15. The molecule has 1 aromatic rings. The summed E-state index contributed by atoms with van der Waals surface area (Å²) >= 11 is 0. The van der Waals surface area contributed by atoms with E-state index in [0.717, 1.165) is 39.1 Å². The van der Waals surface area contributed by atoms with Crippen LogP contribution < -0.4 is 10.1 Å². The third-order valence-corrected chi connectivity index (χ3v) is 3.32. The van der Waals surface area contributed by atoms with Gasteiger partial charge < -0.3 is 15.0 Å². The van der Waals surface area contributed by atoms with E-state index in [-0.39, 0.29) is 5.69 Å². The summed E-state index contributed by atoms with van der Waals surface area (Å²) < 4.78 is 5.52. The number of rotatable bonds is 11. The van der Waals surface area contributed by atoms with Gasteiger partial charge in [0.25, 0.3) is 5.69 Å². The monoisotopic (exact) mass is 295 g/mol. The van der Waals surface area contributed by atoms with Crippen molar-refractivity contribution >= 4 is 5.69 Å². The Bertz CT molecular complexity index is 405. The topological polar surface area (TPSA) is 67.6 Å². The van der Waals surface area contributed by atoms with Crippen LogP contribution in [0.1, 0.15) is 20.3 Å². The Morgan fingerprint density at radius 1 is 1.19 bits per heavy atom. The Kier molecular flexibility index (Phi) is 8.38. The summed E-state index contributed by atoms with van der Waals surface area (Å²) in [5, 5.41) is 13.8. The van der Waals surface area contributed by atoms with E-state index in [0.29, 0.717) is 12.4 Å². The van der Waals surface area contributed by atoms with E-state index in [4.69, 9.17) is 4.74 Å². The van der Waals surface area contributed by atoms with Crippen LogP contribution in [0.5, 0.6) is 5.75 Å². The van der Waals surface area contributed by atoms with Gasteiger partial charge in [0.05, 0.1) is 4.92 Å². The number of hydrogen-bond acceptors (Lipinski definition) is 5. The third-order valence-electron chi connectivity index (χ3n) is 3.32. The van der Waals surface area contributed by atoms with E-state index in [1.807, 2.05) is 0 Å². The van der Waals surface area contributed by atoms with Crippen LogP contribution in [0.2, 0.25) is 0 Å². The molecule has 6 heteroatoms. The summed E-state index contributed by atoms with van der Waals surface area (Å²) in [5.74, 6) is 0.658. The summed E-state index contributed by atoms with van der Waals surface area (Å²) in [6.45, 7) is 9.96.